The highest BCUT2D eigenvalue weighted by atomic mass is 32.2. The van der Waals surface area contributed by atoms with Gasteiger partial charge in [-0.1, -0.05) is 42.9 Å². The quantitative estimate of drug-likeness (QED) is 0.543. The summed E-state index contributed by atoms with van der Waals surface area (Å²) >= 11 is 6.76. The molecule has 0 radical (unpaired) electrons. The molecule has 0 saturated carbocycles. The zero-order valence-electron chi connectivity index (χ0n) is 11.9. The molecule has 0 bridgehead atoms. The summed E-state index contributed by atoms with van der Waals surface area (Å²) in [6, 6.07) is 7.50. The highest BCUT2D eigenvalue weighted by Gasteiger charge is 2.03. The second-order valence-corrected chi connectivity index (χ2v) is 6.07. The minimum atomic E-state index is 0.0675. The summed E-state index contributed by atoms with van der Waals surface area (Å²) in [5.41, 5.74) is 7.34. The standard InChI is InChI=1S/C15H22N2OS2/c1-20-10-4-2-3-9-17-14(18)11-12-5-7-13(8-6-12)15(16)19/h5-8H,2-4,9-11H2,1H3,(H2,16,19)(H,17,18). The van der Waals surface area contributed by atoms with E-state index in [0.29, 0.717) is 11.4 Å². The van der Waals surface area contributed by atoms with Gasteiger partial charge in [0.2, 0.25) is 5.91 Å². The maximum absolute atomic E-state index is 11.8. The van der Waals surface area contributed by atoms with Gasteiger partial charge in [-0.05, 0) is 30.4 Å². The molecule has 0 aliphatic carbocycles. The number of amides is 1. The molecule has 1 amide bonds. The molecule has 3 nitrogen and oxygen atoms in total. The summed E-state index contributed by atoms with van der Waals surface area (Å²) in [6.07, 6.45) is 5.96. The molecule has 0 saturated heterocycles. The minimum absolute atomic E-state index is 0.0675. The van der Waals surface area contributed by atoms with Crippen LogP contribution in [0.5, 0.6) is 0 Å². The maximum atomic E-state index is 11.8. The van der Waals surface area contributed by atoms with Gasteiger partial charge in [-0.2, -0.15) is 11.8 Å². The number of carbonyl (C=O) groups excluding carboxylic acids is 1. The summed E-state index contributed by atoms with van der Waals surface area (Å²) in [5, 5.41) is 2.95. The number of rotatable bonds is 9. The molecular weight excluding hydrogens is 288 g/mol. The first-order chi connectivity index (χ1) is 9.63. The molecule has 20 heavy (non-hydrogen) atoms. The Balaban J connectivity index is 2.23. The van der Waals surface area contributed by atoms with Gasteiger partial charge >= 0.3 is 0 Å². The van der Waals surface area contributed by atoms with Crippen LogP contribution in [0.25, 0.3) is 0 Å². The van der Waals surface area contributed by atoms with Crippen LogP contribution in [-0.4, -0.2) is 29.4 Å². The zero-order chi connectivity index (χ0) is 14.8. The van der Waals surface area contributed by atoms with E-state index in [-0.39, 0.29) is 5.91 Å². The Kier molecular flexibility index (Phi) is 8.30. The van der Waals surface area contributed by atoms with Crippen LogP contribution in [-0.2, 0) is 11.2 Å². The van der Waals surface area contributed by atoms with Gasteiger partial charge in [0.1, 0.15) is 4.99 Å². The first-order valence-electron chi connectivity index (χ1n) is 6.78. The average molecular weight is 310 g/mol. The van der Waals surface area contributed by atoms with E-state index in [2.05, 4.69) is 11.6 Å². The van der Waals surface area contributed by atoms with Crippen LogP contribution < -0.4 is 11.1 Å². The van der Waals surface area contributed by atoms with Gasteiger partial charge in [0.25, 0.3) is 0 Å². The first kappa shape index (κ1) is 17.0. The van der Waals surface area contributed by atoms with E-state index in [9.17, 15) is 4.79 Å². The van der Waals surface area contributed by atoms with Crippen LogP contribution in [0.4, 0.5) is 0 Å². The van der Waals surface area contributed by atoms with Crippen molar-refractivity contribution in [1.29, 1.82) is 0 Å². The smallest absolute Gasteiger partial charge is 0.224 e. The molecule has 1 rings (SSSR count). The SMILES string of the molecule is CSCCCCCNC(=O)Cc1ccc(C(N)=S)cc1. The molecule has 0 aliphatic heterocycles. The largest absolute Gasteiger partial charge is 0.389 e. The highest BCUT2D eigenvalue weighted by Crippen LogP contribution is 2.05. The number of hydrogen-bond acceptors (Lipinski definition) is 3. The monoisotopic (exact) mass is 310 g/mol. The third-order valence-corrected chi connectivity index (χ3v) is 3.88. The number of unbranched alkanes of at least 4 members (excludes halogenated alkanes) is 2. The summed E-state index contributed by atoms with van der Waals surface area (Å²) < 4.78 is 0. The molecule has 0 atom stereocenters. The third kappa shape index (κ3) is 6.91. The van der Waals surface area contributed by atoms with Crippen molar-refractivity contribution < 1.29 is 4.79 Å². The molecule has 0 spiro atoms. The van der Waals surface area contributed by atoms with E-state index in [1.165, 1.54) is 18.6 Å². The summed E-state index contributed by atoms with van der Waals surface area (Å²) in [4.78, 5) is 12.1. The van der Waals surface area contributed by atoms with Crippen LogP contribution in [0.2, 0.25) is 0 Å². The molecule has 0 fully saturated rings. The maximum Gasteiger partial charge on any atom is 0.224 e. The lowest BCUT2D eigenvalue weighted by atomic mass is 10.1. The highest BCUT2D eigenvalue weighted by molar-refractivity contribution is 7.98. The van der Waals surface area contributed by atoms with E-state index >= 15 is 0 Å². The number of nitrogens with one attached hydrogen (secondary N) is 1. The van der Waals surface area contributed by atoms with Crippen molar-refractivity contribution in [3.63, 3.8) is 0 Å². The Hall–Kier alpha value is -1.07. The fourth-order valence-electron chi connectivity index (χ4n) is 1.81. The van der Waals surface area contributed by atoms with Gasteiger partial charge < -0.3 is 11.1 Å². The van der Waals surface area contributed by atoms with E-state index in [1.54, 1.807) is 0 Å². The third-order valence-electron chi connectivity index (χ3n) is 2.95. The summed E-state index contributed by atoms with van der Waals surface area (Å²) in [6.45, 7) is 0.762. The average Bonchev–Trinajstić information content (AvgIpc) is 2.43. The molecule has 1 aromatic rings. The molecule has 5 heteroatoms. The van der Waals surface area contributed by atoms with Gasteiger partial charge in [-0.15, -0.1) is 0 Å². The van der Waals surface area contributed by atoms with Crippen LogP contribution in [0.1, 0.15) is 30.4 Å². The normalized spacial score (nSPS) is 10.2. The van der Waals surface area contributed by atoms with Gasteiger partial charge in [0.15, 0.2) is 0 Å². The number of benzene rings is 1. The van der Waals surface area contributed by atoms with E-state index in [1.807, 2.05) is 36.0 Å². The Morgan fingerprint density at radius 2 is 1.95 bits per heavy atom. The van der Waals surface area contributed by atoms with Crippen molar-refractivity contribution in [3.05, 3.63) is 35.4 Å². The number of nitrogens with two attached hydrogens (primary N) is 1. The molecule has 0 unspecified atom stereocenters. The van der Waals surface area contributed by atoms with Crippen molar-refractivity contribution >= 4 is 34.9 Å². The first-order valence-corrected chi connectivity index (χ1v) is 8.58. The van der Waals surface area contributed by atoms with Crippen molar-refractivity contribution in [2.75, 3.05) is 18.6 Å². The predicted molar refractivity (Wildman–Crippen MR) is 91.3 cm³/mol. The van der Waals surface area contributed by atoms with Gasteiger partial charge in [0.05, 0.1) is 6.42 Å². The summed E-state index contributed by atoms with van der Waals surface area (Å²) in [5.74, 6) is 1.27. The fraction of sp³-hybridized carbons (Fsp3) is 0.467. The number of thiocarbonyl (C=S) groups is 1. The molecule has 1 aromatic carbocycles. The Labute approximate surface area is 130 Å². The number of thioether (sulfide) groups is 1. The Morgan fingerprint density at radius 1 is 1.25 bits per heavy atom. The van der Waals surface area contributed by atoms with Crippen LogP contribution >= 0.6 is 24.0 Å². The van der Waals surface area contributed by atoms with Crippen molar-refractivity contribution in [1.82, 2.24) is 5.32 Å². The molecule has 0 aliphatic rings. The summed E-state index contributed by atoms with van der Waals surface area (Å²) in [7, 11) is 0. The molecule has 0 aromatic heterocycles. The van der Waals surface area contributed by atoms with E-state index in [4.69, 9.17) is 18.0 Å². The van der Waals surface area contributed by atoms with E-state index < -0.39 is 0 Å². The van der Waals surface area contributed by atoms with Gasteiger partial charge in [-0.25, -0.2) is 0 Å². The van der Waals surface area contributed by atoms with Crippen molar-refractivity contribution in [2.45, 2.75) is 25.7 Å². The van der Waals surface area contributed by atoms with Crippen molar-refractivity contribution in [3.8, 4) is 0 Å². The Bertz CT molecular complexity index is 432. The molecule has 110 valence electrons. The van der Waals surface area contributed by atoms with Gasteiger partial charge in [-0.3, -0.25) is 4.79 Å². The second-order valence-electron chi connectivity index (χ2n) is 4.64. The van der Waals surface area contributed by atoms with Crippen LogP contribution in [0.3, 0.4) is 0 Å². The predicted octanol–water partition coefficient (Wildman–Crippen LogP) is 2.51. The van der Waals surface area contributed by atoms with Crippen molar-refractivity contribution in [2.24, 2.45) is 5.73 Å². The minimum Gasteiger partial charge on any atom is -0.389 e. The Morgan fingerprint density at radius 3 is 2.55 bits per heavy atom. The lowest BCUT2D eigenvalue weighted by molar-refractivity contribution is -0.120. The number of carbonyl (C=O) groups is 1. The zero-order valence-corrected chi connectivity index (χ0v) is 13.5. The number of hydrogen-bond donors (Lipinski definition) is 2. The van der Waals surface area contributed by atoms with Crippen LogP contribution in [0.15, 0.2) is 24.3 Å². The van der Waals surface area contributed by atoms with Crippen LogP contribution in [0, 0.1) is 0 Å². The second kappa shape index (κ2) is 9.77. The van der Waals surface area contributed by atoms with Gasteiger partial charge in [0, 0.05) is 12.1 Å². The van der Waals surface area contributed by atoms with E-state index in [0.717, 1.165) is 24.1 Å². The molecule has 0 heterocycles. The fourth-order valence-corrected chi connectivity index (χ4v) is 2.44. The topological polar surface area (TPSA) is 55.1 Å². The lowest BCUT2D eigenvalue weighted by Gasteiger charge is -2.06. The lowest BCUT2D eigenvalue weighted by Crippen LogP contribution is -2.26. The molecule has 3 N–H and O–H groups in total. The molecular formula is C15H22N2OS2.